The lowest BCUT2D eigenvalue weighted by atomic mass is 9.77. The van der Waals surface area contributed by atoms with E-state index in [0.29, 0.717) is 0 Å². The highest BCUT2D eigenvalue weighted by atomic mass is 19.4. The number of carbonyl (C=O) groups excluding carboxylic acids is 1. The summed E-state index contributed by atoms with van der Waals surface area (Å²) in [4.78, 5) is 34.4. The van der Waals surface area contributed by atoms with Gasteiger partial charge >= 0.3 is 18.1 Å². The highest BCUT2D eigenvalue weighted by molar-refractivity contribution is 5.88. The number of halogens is 3. The maximum Gasteiger partial charge on any atom is 0.416 e. The van der Waals surface area contributed by atoms with Crippen LogP contribution in [0.3, 0.4) is 0 Å². The van der Waals surface area contributed by atoms with Crippen LogP contribution in [0.1, 0.15) is 24.0 Å². The third-order valence-corrected chi connectivity index (χ3v) is 4.32. The van der Waals surface area contributed by atoms with Gasteiger partial charge in [0.1, 0.15) is 17.9 Å². The van der Waals surface area contributed by atoms with Crippen molar-refractivity contribution >= 4 is 18.2 Å². The quantitative estimate of drug-likeness (QED) is 0.715. The zero-order valence-electron chi connectivity index (χ0n) is 12.4. The van der Waals surface area contributed by atoms with E-state index in [1.165, 1.54) is 6.07 Å². The van der Waals surface area contributed by atoms with Crippen LogP contribution in [0.25, 0.3) is 0 Å². The standard InChI is InChI=1S/C15H14F3NO5/c1-14(13(23)24)9(6-20)10(11(19-14)12(21)22)7-3-2-4-8(5-7)15(16,17)18/h2-6,9-11,19H,1H3,(H,21,22)(H,23,24)/t9-,10-,11-,14+/m0/s1. The third-order valence-electron chi connectivity index (χ3n) is 4.32. The molecule has 3 N–H and O–H groups in total. The molecule has 1 aliphatic heterocycles. The van der Waals surface area contributed by atoms with Gasteiger partial charge in [-0.05, 0) is 18.6 Å². The number of benzene rings is 1. The lowest BCUT2D eigenvalue weighted by Gasteiger charge is -2.25. The number of alkyl halides is 3. The van der Waals surface area contributed by atoms with Gasteiger partial charge < -0.3 is 15.0 Å². The van der Waals surface area contributed by atoms with E-state index in [4.69, 9.17) is 0 Å². The first-order chi connectivity index (χ1) is 11.0. The minimum atomic E-state index is -4.65. The molecule has 6 nitrogen and oxygen atoms in total. The maximum atomic E-state index is 12.9. The second kappa shape index (κ2) is 5.90. The molecule has 1 aromatic carbocycles. The highest BCUT2D eigenvalue weighted by Crippen LogP contribution is 2.42. The van der Waals surface area contributed by atoms with Crippen molar-refractivity contribution in [3.8, 4) is 0 Å². The van der Waals surface area contributed by atoms with Crippen molar-refractivity contribution in [2.24, 2.45) is 5.92 Å². The van der Waals surface area contributed by atoms with E-state index in [9.17, 15) is 37.8 Å². The number of nitrogens with one attached hydrogen (secondary N) is 1. The molecule has 0 aromatic heterocycles. The molecule has 0 aliphatic carbocycles. The Hall–Kier alpha value is -2.42. The van der Waals surface area contributed by atoms with E-state index in [2.05, 4.69) is 5.32 Å². The lowest BCUT2D eigenvalue weighted by molar-refractivity contribution is -0.147. The normalized spacial score (nSPS) is 30.1. The summed E-state index contributed by atoms with van der Waals surface area (Å²) in [5.74, 6) is -5.50. The molecule has 2 rings (SSSR count). The van der Waals surface area contributed by atoms with E-state index in [-0.39, 0.29) is 11.8 Å². The molecule has 1 fully saturated rings. The summed E-state index contributed by atoms with van der Waals surface area (Å²) >= 11 is 0. The predicted octanol–water partition coefficient (Wildman–Crippen LogP) is 1.50. The summed E-state index contributed by atoms with van der Waals surface area (Å²) < 4.78 is 38.6. The Morgan fingerprint density at radius 1 is 1.29 bits per heavy atom. The average Bonchev–Trinajstić information content (AvgIpc) is 2.81. The topological polar surface area (TPSA) is 104 Å². The summed E-state index contributed by atoms with van der Waals surface area (Å²) in [5.41, 5.74) is -2.96. The van der Waals surface area contributed by atoms with E-state index in [0.717, 1.165) is 25.1 Å². The fourth-order valence-electron chi connectivity index (χ4n) is 3.04. The number of carboxylic acids is 2. The van der Waals surface area contributed by atoms with Crippen LogP contribution in [-0.2, 0) is 20.6 Å². The van der Waals surface area contributed by atoms with Crippen LogP contribution >= 0.6 is 0 Å². The molecule has 0 amide bonds. The molecule has 24 heavy (non-hydrogen) atoms. The molecule has 130 valence electrons. The lowest BCUT2D eigenvalue weighted by Crippen LogP contribution is -2.52. The number of hydrogen-bond donors (Lipinski definition) is 3. The van der Waals surface area contributed by atoms with E-state index in [1.54, 1.807) is 0 Å². The molecule has 9 heteroatoms. The number of carboxylic acid groups (broad SMARTS) is 2. The van der Waals surface area contributed by atoms with Gasteiger partial charge in [-0.3, -0.25) is 14.9 Å². The summed E-state index contributed by atoms with van der Waals surface area (Å²) in [6.45, 7) is 1.14. The van der Waals surface area contributed by atoms with Gasteiger partial charge in [0.05, 0.1) is 11.5 Å². The van der Waals surface area contributed by atoms with Crippen molar-refractivity contribution in [3.63, 3.8) is 0 Å². The first-order valence-corrected chi connectivity index (χ1v) is 6.88. The van der Waals surface area contributed by atoms with E-state index < -0.39 is 47.1 Å². The summed E-state index contributed by atoms with van der Waals surface area (Å²) in [6.07, 6.45) is -4.37. The van der Waals surface area contributed by atoms with Crippen molar-refractivity contribution in [1.82, 2.24) is 5.32 Å². The predicted molar refractivity (Wildman–Crippen MR) is 74.3 cm³/mol. The third kappa shape index (κ3) is 2.86. The SMILES string of the molecule is C[C@@]1(C(=O)O)N[C@H](C(=O)O)[C@@H](c2cccc(C(F)(F)F)c2)[C@@H]1C=O. The first-order valence-electron chi connectivity index (χ1n) is 6.88. The van der Waals surface area contributed by atoms with Crippen LogP contribution in [0.15, 0.2) is 24.3 Å². The largest absolute Gasteiger partial charge is 0.480 e. The maximum absolute atomic E-state index is 12.9. The van der Waals surface area contributed by atoms with Gasteiger partial charge in [0.2, 0.25) is 0 Å². The molecule has 1 aliphatic rings. The van der Waals surface area contributed by atoms with Crippen molar-refractivity contribution in [3.05, 3.63) is 35.4 Å². The van der Waals surface area contributed by atoms with Crippen molar-refractivity contribution in [1.29, 1.82) is 0 Å². The molecule has 4 atom stereocenters. The average molecular weight is 345 g/mol. The van der Waals surface area contributed by atoms with E-state index in [1.807, 2.05) is 0 Å². The van der Waals surface area contributed by atoms with Gasteiger partial charge in [0, 0.05) is 5.92 Å². The first kappa shape index (κ1) is 17.9. The Bertz CT molecular complexity index is 690. The monoisotopic (exact) mass is 345 g/mol. The van der Waals surface area contributed by atoms with Gasteiger partial charge in [-0.25, -0.2) is 0 Å². The molecule has 0 radical (unpaired) electrons. The second-order valence-electron chi connectivity index (χ2n) is 5.78. The van der Waals surface area contributed by atoms with Crippen LogP contribution < -0.4 is 5.32 Å². The molecular formula is C15H14F3NO5. The number of aldehydes is 1. The smallest absolute Gasteiger partial charge is 0.416 e. The summed E-state index contributed by atoms with van der Waals surface area (Å²) in [6, 6.07) is 2.39. The van der Waals surface area contributed by atoms with Crippen LogP contribution in [0, 0.1) is 5.92 Å². The molecule has 1 aromatic rings. The number of rotatable bonds is 4. The van der Waals surface area contributed by atoms with Crippen LogP contribution in [0.5, 0.6) is 0 Å². The molecule has 1 saturated heterocycles. The number of aliphatic carboxylic acids is 2. The Labute approximate surface area is 134 Å². The Morgan fingerprint density at radius 3 is 2.38 bits per heavy atom. The van der Waals surface area contributed by atoms with E-state index >= 15 is 0 Å². The Kier molecular flexibility index (Phi) is 4.40. The van der Waals surface area contributed by atoms with Crippen LogP contribution in [0.2, 0.25) is 0 Å². The second-order valence-corrected chi connectivity index (χ2v) is 5.78. The minimum Gasteiger partial charge on any atom is -0.480 e. The molecule has 0 bridgehead atoms. The van der Waals surface area contributed by atoms with Crippen molar-refractivity contribution in [2.75, 3.05) is 0 Å². The molecule has 0 spiro atoms. The molecule has 0 unspecified atom stereocenters. The fourth-order valence-corrected chi connectivity index (χ4v) is 3.04. The summed E-state index contributed by atoms with van der Waals surface area (Å²) in [7, 11) is 0. The minimum absolute atomic E-state index is 0.0631. The summed E-state index contributed by atoms with van der Waals surface area (Å²) in [5, 5.41) is 21.0. The zero-order valence-corrected chi connectivity index (χ0v) is 12.4. The van der Waals surface area contributed by atoms with Gasteiger partial charge in [0.25, 0.3) is 0 Å². The van der Waals surface area contributed by atoms with Gasteiger partial charge in [-0.1, -0.05) is 18.2 Å². The van der Waals surface area contributed by atoms with Crippen LogP contribution in [-0.4, -0.2) is 40.0 Å². The van der Waals surface area contributed by atoms with Gasteiger partial charge in [0.15, 0.2) is 0 Å². The molecule has 1 heterocycles. The number of hydrogen-bond acceptors (Lipinski definition) is 4. The Morgan fingerprint density at radius 2 is 1.92 bits per heavy atom. The highest BCUT2D eigenvalue weighted by Gasteiger charge is 2.57. The molecular weight excluding hydrogens is 331 g/mol. The van der Waals surface area contributed by atoms with Crippen molar-refractivity contribution < 1.29 is 37.8 Å². The van der Waals surface area contributed by atoms with Gasteiger partial charge in [-0.15, -0.1) is 0 Å². The van der Waals surface area contributed by atoms with Crippen LogP contribution in [0.4, 0.5) is 13.2 Å². The van der Waals surface area contributed by atoms with Gasteiger partial charge in [-0.2, -0.15) is 13.2 Å². The zero-order chi connectivity index (χ0) is 18.3. The Balaban J connectivity index is 2.58. The van der Waals surface area contributed by atoms with Crippen molar-refractivity contribution in [2.45, 2.75) is 30.6 Å². The molecule has 0 saturated carbocycles. The number of carbonyl (C=O) groups is 3. The fraction of sp³-hybridized carbons (Fsp3) is 0.400.